The summed E-state index contributed by atoms with van der Waals surface area (Å²) >= 11 is 0. The summed E-state index contributed by atoms with van der Waals surface area (Å²) in [6.45, 7) is 3.97. The van der Waals surface area contributed by atoms with Crippen molar-refractivity contribution in [3.05, 3.63) is 0 Å². The lowest BCUT2D eigenvalue weighted by Gasteiger charge is -2.32. The quantitative estimate of drug-likeness (QED) is 0.716. The van der Waals surface area contributed by atoms with Gasteiger partial charge in [-0.05, 0) is 25.7 Å². The molecule has 1 fully saturated rings. The number of amides is 1. The van der Waals surface area contributed by atoms with Gasteiger partial charge in [-0.1, -0.05) is 6.92 Å². The molecule has 0 aromatic carbocycles. The Hall–Kier alpha value is -0.610. The zero-order valence-electron chi connectivity index (χ0n) is 10.3. The van der Waals surface area contributed by atoms with Gasteiger partial charge in [0, 0.05) is 32.7 Å². The number of nitrogens with zero attached hydrogens (tertiary/aromatic N) is 1. The van der Waals surface area contributed by atoms with Crippen molar-refractivity contribution in [2.75, 3.05) is 26.8 Å². The fourth-order valence-electron chi connectivity index (χ4n) is 2.12. The highest BCUT2D eigenvalue weighted by Crippen LogP contribution is 2.15. The standard InChI is InChI=1S/C12H23NO3/c1-10(5-4-8-16-2)12(15)13-7-3-6-11(14)9-13/h10-11,14H,3-9H2,1-2H3. The van der Waals surface area contributed by atoms with Gasteiger partial charge in [0.05, 0.1) is 6.10 Å². The average molecular weight is 229 g/mol. The van der Waals surface area contributed by atoms with Gasteiger partial charge in [0.2, 0.25) is 5.91 Å². The number of likely N-dealkylation sites (tertiary alicyclic amines) is 1. The molecule has 1 N–H and O–H groups in total. The summed E-state index contributed by atoms with van der Waals surface area (Å²) in [4.78, 5) is 13.8. The van der Waals surface area contributed by atoms with Crippen LogP contribution in [0.2, 0.25) is 0 Å². The van der Waals surface area contributed by atoms with E-state index in [1.54, 1.807) is 12.0 Å². The summed E-state index contributed by atoms with van der Waals surface area (Å²) < 4.78 is 4.97. The van der Waals surface area contributed by atoms with Crippen molar-refractivity contribution >= 4 is 5.91 Å². The van der Waals surface area contributed by atoms with Crippen molar-refractivity contribution in [1.82, 2.24) is 4.90 Å². The molecule has 0 bridgehead atoms. The third-order valence-corrected chi connectivity index (χ3v) is 3.12. The zero-order chi connectivity index (χ0) is 12.0. The molecule has 4 nitrogen and oxygen atoms in total. The van der Waals surface area contributed by atoms with E-state index in [4.69, 9.17) is 4.74 Å². The first kappa shape index (κ1) is 13.5. The monoisotopic (exact) mass is 229 g/mol. The number of aliphatic hydroxyl groups is 1. The highest BCUT2D eigenvalue weighted by atomic mass is 16.5. The average Bonchev–Trinajstić information content (AvgIpc) is 2.28. The highest BCUT2D eigenvalue weighted by molar-refractivity contribution is 5.78. The molecule has 1 rings (SSSR count). The Morgan fingerprint density at radius 3 is 3.00 bits per heavy atom. The molecule has 2 unspecified atom stereocenters. The second kappa shape index (κ2) is 6.86. The van der Waals surface area contributed by atoms with Gasteiger partial charge in [-0.2, -0.15) is 0 Å². The van der Waals surface area contributed by atoms with Crippen LogP contribution < -0.4 is 0 Å². The minimum atomic E-state index is -0.330. The predicted molar refractivity (Wildman–Crippen MR) is 62.1 cm³/mol. The number of piperidine rings is 1. The first-order valence-corrected chi connectivity index (χ1v) is 6.11. The Morgan fingerprint density at radius 1 is 1.62 bits per heavy atom. The van der Waals surface area contributed by atoms with Gasteiger partial charge in [0.25, 0.3) is 0 Å². The van der Waals surface area contributed by atoms with Crippen LogP contribution in [0, 0.1) is 5.92 Å². The second-order valence-corrected chi connectivity index (χ2v) is 4.62. The van der Waals surface area contributed by atoms with Crippen LogP contribution in [0.5, 0.6) is 0 Å². The van der Waals surface area contributed by atoms with E-state index < -0.39 is 0 Å². The number of carbonyl (C=O) groups excluding carboxylic acids is 1. The summed E-state index contributed by atoms with van der Waals surface area (Å²) in [5.41, 5.74) is 0. The molecule has 1 aliphatic rings. The SMILES string of the molecule is COCCCC(C)C(=O)N1CCCC(O)C1. The third kappa shape index (κ3) is 4.10. The summed E-state index contributed by atoms with van der Waals surface area (Å²) in [7, 11) is 1.67. The Labute approximate surface area is 97.6 Å². The third-order valence-electron chi connectivity index (χ3n) is 3.12. The minimum absolute atomic E-state index is 0.0421. The molecular weight excluding hydrogens is 206 g/mol. The van der Waals surface area contributed by atoms with Crippen LogP contribution in [-0.4, -0.2) is 48.8 Å². The Balaban J connectivity index is 2.31. The largest absolute Gasteiger partial charge is 0.391 e. The molecule has 0 saturated carbocycles. The second-order valence-electron chi connectivity index (χ2n) is 4.62. The number of β-amino-alcohol motifs (C(OH)–C–C–N with tert-alkyl or cyclic N) is 1. The molecule has 0 radical (unpaired) electrons. The van der Waals surface area contributed by atoms with Gasteiger partial charge >= 0.3 is 0 Å². The molecular formula is C12H23NO3. The van der Waals surface area contributed by atoms with Crippen molar-refractivity contribution in [2.45, 2.75) is 38.7 Å². The van der Waals surface area contributed by atoms with E-state index in [1.165, 1.54) is 0 Å². The molecule has 0 aromatic rings. The number of ether oxygens (including phenoxy) is 1. The normalized spacial score (nSPS) is 23.2. The van der Waals surface area contributed by atoms with Gasteiger partial charge in [0.1, 0.15) is 0 Å². The zero-order valence-corrected chi connectivity index (χ0v) is 10.3. The number of hydrogen-bond donors (Lipinski definition) is 1. The molecule has 0 aliphatic carbocycles. The number of rotatable bonds is 5. The van der Waals surface area contributed by atoms with Gasteiger partial charge < -0.3 is 14.7 Å². The Bertz CT molecular complexity index is 220. The summed E-state index contributed by atoms with van der Waals surface area (Å²) in [6.07, 6.45) is 3.18. The minimum Gasteiger partial charge on any atom is -0.391 e. The highest BCUT2D eigenvalue weighted by Gasteiger charge is 2.25. The fraction of sp³-hybridized carbons (Fsp3) is 0.917. The predicted octanol–water partition coefficient (Wildman–Crippen LogP) is 1.03. The van der Waals surface area contributed by atoms with Gasteiger partial charge in [-0.15, -0.1) is 0 Å². The van der Waals surface area contributed by atoms with E-state index in [0.717, 1.165) is 32.2 Å². The molecule has 0 aromatic heterocycles. The van der Waals surface area contributed by atoms with Crippen LogP contribution in [0.25, 0.3) is 0 Å². The first-order valence-electron chi connectivity index (χ1n) is 6.11. The van der Waals surface area contributed by atoms with Crippen LogP contribution in [0.15, 0.2) is 0 Å². The van der Waals surface area contributed by atoms with Gasteiger partial charge in [-0.25, -0.2) is 0 Å². The maximum absolute atomic E-state index is 12.0. The molecule has 16 heavy (non-hydrogen) atoms. The van der Waals surface area contributed by atoms with E-state index >= 15 is 0 Å². The Morgan fingerprint density at radius 2 is 2.38 bits per heavy atom. The lowest BCUT2D eigenvalue weighted by atomic mass is 10.0. The van der Waals surface area contributed by atoms with Crippen LogP contribution in [0.3, 0.4) is 0 Å². The lowest BCUT2D eigenvalue weighted by molar-refractivity contribution is -0.138. The van der Waals surface area contributed by atoms with Crippen molar-refractivity contribution in [2.24, 2.45) is 5.92 Å². The lowest BCUT2D eigenvalue weighted by Crippen LogP contribution is -2.44. The van der Waals surface area contributed by atoms with Crippen molar-refractivity contribution in [3.63, 3.8) is 0 Å². The molecule has 1 saturated heterocycles. The van der Waals surface area contributed by atoms with Crippen LogP contribution in [0.4, 0.5) is 0 Å². The maximum Gasteiger partial charge on any atom is 0.225 e. The molecule has 2 atom stereocenters. The van der Waals surface area contributed by atoms with E-state index in [0.29, 0.717) is 13.2 Å². The molecule has 1 heterocycles. The van der Waals surface area contributed by atoms with Crippen LogP contribution >= 0.6 is 0 Å². The van der Waals surface area contributed by atoms with Crippen LogP contribution in [-0.2, 0) is 9.53 Å². The van der Waals surface area contributed by atoms with Crippen molar-refractivity contribution in [1.29, 1.82) is 0 Å². The van der Waals surface area contributed by atoms with Gasteiger partial charge in [-0.3, -0.25) is 4.79 Å². The number of carbonyl (C=O) groups is 1. The topological polar surface area (TPSA) is 49.8 Å². The number of hydrogen-bond acceptors (Lipinski definition) is 3. The summed E-state index contributed by atoms with van der Waals surface area (Å²) in [6, 6.07) is 0. The van der Waals surface area contributed by atoms with E-state index in [1.807, 2.05) is 6.92 Å². The summed E-state index contributed by atoms with van der Waals surface area (Å²) in [5, 5.41) is 9.51. The smallest absolute Gasteiger partial charge is 0.225 e. The summed E-state index contributed by atoms with van der Waals surface area (Å²) in [5.74, 6) is 0.218. The van der Waals surface area contributed by atoms with Crippen molar-refractivity contribution in [3.8, 4) is 0 Å². The molecule has 94 valence electrons. The van der Waals surface area contributed by atoms with E-state index in [2.05, 4.69) is 0 Å². The van der Waals surface area contributed by atoms with Crippen LogP contribution in [0.1, 0.15) is 32.6 Å². The van der Waals surface area contributed by atoms with Gasteiger partial charge in [0.15, 0.2) is 0 Å². The molecule has 4 heteroatoms. The fourth-order valence-corrected chi connectivity index (χ4v) is 2.12. The molecule has 1 amide bonds. The molecule has 0 spiro atoms. The molecule has 1 aliphatic heterocycles. The Kier molecular flexibility index (Phi) is 5.77. The maximum atomic E-state index is 12.0. The van der Waals surface area contributed by atoms with E-state index in [9.17, 15) is 9.90 Å². The first-order chi connectivity index (χ1) is 7.65. The van der Waals surface area contributed by atoms with E-state index in [-0.39, 0.29) is 17.9 Å². The number of methoxy groups -OCH3 is 1. The number of aliphatic hydroxyl groups excluding tert-OH is 1. The van der Waals surface area contributed by atoms with Crippen molar-refractivity contribution < 1.29 is 14.6 Å².